The van der Waals surface area contributed by atoms with Crippen LogP contribution in [-0.2, 0) is 24.7 Å². The van der Waals surface area contributed by atoms with Crippen molar-refractivity contribution in [3.05, 3.63) is 35.9 Å². The highest BCUT2D eigenvalue weighted by molar-refractivity contribution is 6.08. The SMILES string of the molecule is CC(C)N(C(=O)[C@H](C)OC(=O)CN1C(=O)N[C@](C)(c2ccccc2)C1=O)C(C)C. The standard InChI is InChI=1S/C21H29N3O5/c1-13(2)24(14(3)4)18(26)15(5)29-17(25)12-23-19(27)21(6,22-20(23)28)16-10-8-7-9-11-16/h7-11,13-15H,12H2,1-6H3,(H,22,28)/t15-,21+/m0/s1. The molecule has 4 amide bonds. The summed E-state index contributed by atoms with van der Waals surface area (Å²) in [6, 6.07) is 8.00. The first-order valence-corrected chi connectivity index (χ1v) is 9.70. The molecule has 8 heteroatoms. The highest BCUT2D eigenvalue weighted by Gasteiger charge is 2.49. The van der Waals surface area contributed by atoms with Crippen molar-refractivity contribution in [1.82, 2.24) is 15.1 Å². The molecule has 1 aromatic rings. The monoisotopic (exact) mass is 403 g/mol. The van der Waals surface area contributed by atoms with Crippen molar-refractivity contribution in [2.75, 3.05) is 6.54 Å². The Morgan fingerprint density at radius 1 is 1.07 bits per heavy atom. The van der Waals surface area contributed by atoms with Gasteiger partial charge in [-0.1, -0.05) is 30.3 Å². The van der Waals surface area contributed by atoms with E-state index < -0.39 is 36.1 Å². The number of carbonyl (C=O) groups is 4. The van der Waals surface area contributed by atoms with E-state index >= 15 is 0 Å². The molecule has 0 aliphatic carbocycles. The summed E-state index contributed by atoms with van der Waals surface area (Å²) in [6.45, 7) is 10.0. The van der Waals surface area contributed by atoms with Gasteiger partial charge in [-0.2, -0.15) is 0 Å². The number of benzene rings is 1. The van der Waals surface area contributed by atoms with E-state index in [-0.39, 0.29) is 18.0 Å². The summed E-state index contributed by atoms with van der Waals surface area (Å²) >= 11 is 0. The molecule has 1 saturated heterocycles. The van der Waals surface area contributed by atoms with Gasteiger partial charge in [0.2, 0.25) is 0 Å². The van der Waals surface area contributed by atoms with Crippen molar-refractivity contribution >= 4 is 23.8 Å². The molecule has 2 atom stereocenters. The molecule has 0 bridgehead atoms. The number of ether oxygens (including phenoxy) is 1. The van der Waals surface area contributed by atoms with Gasteiger partial charge in [-0.15, -0.1) is 0 Å². The largest absolute Gasteiger partial charge is 0.451 e. The van der Waals surface area contributed by atoms with Crippen molar-refractivity contribution in [2.45, 2.75) is 65.3 Å². The lowest BCUT2D eigenvalue weighted by Crippen LogP contribution is -2.48. The Balaban J connectivity index is 2.06. The van der Waals surface area contributed by atoms with Gasteiger partial charge in [0.1, 0.15) is 12.1 Å². The van der Waals surface area contributed by atoms with Crippen LogP contribution in [0.2, 0.25) is 0 Å². The quantitative estimate of drug-likeness (QED) is 0.555. The van der Waals surface area contributed by atoms with Gasteiger partial charge >= 0.3 is 12.0 Å². The Morgan fingerprint density at radius 2 is 1.62 bits per heavy atom. The van der Waals surface area contributed by atoms with Gasteiger partial charge < -0.3 is 15.0 Å². The maximum absolute atomic E-state index is 12.8. The first-order chi connectivity index (χ1) is 13.5. The number of nitrogens with one attached hydrogen (secondary N) is 1. The van der Waals surface area contributed by atoms with Crippen LogP contribution in [0.15, 0.2) is 30.3 Å². The molecular weight excluding hydrogens is 374 g/mol. The van der Waals surface area contributed by atoms with Gasteiger partial charge in [0.25, 0.3) is 11.8 Å². The highest BCUT2D eigenvalue weighted by atomic mass is 16.5. The molecule has 0 spiro atoms. The third kappa shape index (κ3) is 4.58. The molecule has 1 aromatic carbocycles. The summed E-state index contributed by atoms with van der Waals surface area (Å²) in [5, 5.41) is 2.63. The van der Waals surface area contributed by atoms with Crippen molar-refractivity contribution in [3.8, 4) is 0 Å². The minimum Gasteiger partial charge on any atom is -0.451 e. The van der Waals surface area contributed by atoms with Crippen molar-refractivity contribution in [2.24, 2.45) is 0 Å². The van der Waals surface area contributed by atoms with Crippen LogP contribution >= 0.6 is 0 Å². The lowest BCUT2D eigenvalue weighted by atomic mass is 9.92. The fourth-order valence-corrected chi connectivity index (χ4v) is 3.54. The Morgan fingerprint density at radius 3 is 2.14 bits per heavy atom. The van der Waals surface area contributed by atoms with Gasteiger partial charge in [-0.3, -0.25) is 19.3 Å². The van der Waals surface area contributed by atoms with E-state index in [0.717, 1.165) is 4.90 Å². The van der Waals surface area contributed by atoms with Crippen LogP contribution in [0.5, 0.6) is 0 Å². The molecule has 0 saturated carbocycles. The average Bonchev–Trinajstić information content (AvgIpc) is 2.86. The second kappa shape index (κ2) is 8.63. The fraction of sp³-hybridized carbons (Fsp3) is 0.524. The minimum absolute atomic E-state index is 0.0545. The summed E-state index contributed by atoms with van der Waals surface area (Å²) < 4.78 is 5.22. The van der Waals surface area contributed by atoms with Crippen LogP contribution in [0.25, 0.3) is 0 Å². The summed E-state index contributed by atoms with van der Waals surface area (Å²) in [5.74, 6) is -1.69. The predicted molar refractivity (Wildman–Crippen MR) is 107 cm³/mol. The maximum atomic E-state index is 12.8. The first-order valence-electron chi connectivity index (χ1n) is 9.70. The van der Waals surface area contributed by atoms with Crippen LogP contribution in [0.1, 0.15) is 47.1 Å². The number of hydrogen-bond acceptors (Lipinski definition) is 5. The molecular formula is C21H29N3O5. The summed E-state index contributed by atoms with van der Waals surface area (Å²) in [7, 11) is 0. The number of imide groups is 1. The molecule has 0 radical (unpaired) electrons. The molecule has 1 aliphatic rings. The minimum atomic E-state index is -1.26. The molecule has 1 aliphatic heterocycles. The number of nitrogens with zero attached hydrogens (tertiary/aromatic N) is 2. The van der Waals surface area contributed by atoms with Gasteiger partial charge in [-0.05, 0) is 47.1 Å². The summed E-state index contributed by atoms with van der Waals surface area (Å²) in [5.41, 5.74) is -0.645. The molecule has 29 heavy (non-hydrogen) atoms. The number of rotatable bonds is 7. The summed E-state index contributed by atoms with van der Waals surface area (Å²) in [4.78, 5) is 52.6. The van der Waals surface area contributed by atoms with Crippen LogP contribution in [0.3, 0.4) is 0 Å². The smallest absolute Gasteiger partial charge is 0.327 e. The zero-order valence-corrected chi connectivity index (χ0v) is 17.8. The van der Waals surface area contributed by atoms with E-state index in [0.29, 0.717) is 5.56 Å². The average molecular weight is 403 g/mol. The van der Waals surface area contributed by atoms with Crippen molar-refractivity contribution in [1.29, 1.82) is 0 Å². The Bertz CT molecular complexity index is 785. The normalized spacial score (nSPS) is 20.1. The molecule has 2 rings (SSSR count). The predicted octanol–water partition coefficient (Wildman–Crippen LogP) is 2.03. The zero-order valence-electron chi connectivity index (χ0n) is 17.8. The topological polar surface area (TPSA) is 96.0 Å². The van der Waals surface area contributed by atoms with E-state index in [4.69, 9.17) is 4.74 Å². The maximum Gasteiger partial charge on any atom is 0.327 e. The van der Waals surface area contributed by atoms with E-state index in [9.17, 15) is 19.2 Å². The fourth-order valence-electron chi connectivity index (χ4n) is 3.54. The number of urea groups is 1. The second-order valence-electron chi connectivity index (χ2n) is 7.88. The number of hydrogen-bond donors (Lipinski definition) is 1. The molecule has 1 heterocycles. The van der Waals surface area contributed by atoms with Gasteiger partial charge in [0.05, 0.1) is 0 Å². The molecule has 0 aromatic heterocycles. The summed E-state index contributed by atoms with van der Waals surface area (Å²) in [6.07, 6.45) is -1.02. The number of amides is 4. The molecule has 1 N–H and O–H groups in total. The van der Waals surface area contributed by atoms with E-state index in [1.54, 1.807) is 42.2 Å². The van der Waals surface area contributed by atoms with E-state index in [1.807, 2.05) is 27.7 Å². The van der Waals surface area contributed by atoms with Crippen LogP contribution in [0.4, 0.5) is 4.79 Å². The van der Waals surface area contributed by atoms with E-state index in [1.165, 1.54) is 6.92 Å². The molecule has 158 valence electrons. The number of carbonyl (C=O) groups excluding carboxylic acids is 4. The lowest BCUT2D eigenvalue weighted by Gasteiger charge is -2.32. The molecule has 8 nitrogen and oxygen atoms in total. The zero-order chi connectivity index (χ0) is 21.9. The highest BCUT2D eigenvalue weighted by Crippen LogP contribution is 2.28. The van der Waals surface area contributed by atoms with Crippen LogP contribution in [0, 0.1) is 0 Å². The third-order valence-electron chi connectivity index (χ3n) is 4.94. The van der Waals surface area contributed by atoms with Crippen LogP contribution < -0.4 is 5.32 Å². The van der Waals surface area contributed by atoms with E-state index in [2.05, 4.69) is 5.32 Å². The Kier molecular flexibility index (Phi) is 6.66. The van der Waals surface area contributed by atoms with Gasteiger partial charge in [0.15, 0.2) is 6.10 Å². The number of esters is 1. The van der Waals surface area contributed by atoms with Crippen molar-refractivity contribution in [3.63, 3.8) is 0 Å². The van der Waals surface area contributed by atoms with Gasteiger partial charge in [-0.25, -0.2) is 4.79 Å². The van der Waals surface area contributed by atoms with Crippen LogP contribution in [-0.4, -0.2) is 58.3 Å². The van der Waals surface area contributed by atoms with Gasteiger partial charge in [0, 0.05) is 12.1 Å². The Labute approximate surface area is 171 Å². The van der Waals surface area contributed by atoms with Crippen molar-refractivity contribution < 1.29 is 23.9 Å². The Hall–Kier alpha value is -2.90. The molecule has 0 unspecified atom stereocenters. The molecule has 1 fully saturated rings. The third-order valence-corrected chi connectivity index (χ3v) is 4.94. The first kappa shape index (κ1) is 22.4. The lowest BCUT2D eigenvalue weighted by molar-refractivity contribution is -0.162. The second-order valence-corrected chi connectivity index (χ2v) is 7.88.